The van der Waals surface area contributed by atoms with Gasteiger partial charge in [-0.1, -0.05) is 309 Å². The molecule has 12 aromatic heterocycles. The molecular formula is C126H74N10O4S. The molecular weight excluding hydrogens is 1750 g/mol. The molecule has 0 N–H and O–H groups in total. The molecule has 19 aromatic carbocycles. The van der Waals surface area contributed by atoms with E-state index >= 15 is 0 Å². The largest absolute Gasteiger partial charge is 0.456 e. The molecule has 0 saturated carbocycles. The van der Waals surface area contributed by atoms with Gasteiger partial charge in [0, 0.05) is 152 Å². The van der Waals surface area contributed by atoms with Gasteiger partial charge in [-0.15, -0.1) is 11.3 Å². The molecule has 12 heterocycles. The molecule has 0 spiro atoms. The second-order valence-corrected chi connectivity index (χ2v) is 36.9. The van der Waals surface area contributed by atoms with Crippen molar-refractivity contribution in [1.82, 2.24) is 48.2 Å². The van der Waals surface area contributed by atoms with E-state index in [-0.39, 0.29) is 0 Å². The molecule has 0 bridgehead atoms. The maximum absolute atomic E-state index is 6.30. The first-order valence-corrected chi connectivity index (χ1v) is 48.0. The fourth-order valence-electron chi connectivity index (χ4n) is 21.4. The second-order valence-electron chi connectivity index (χ2n) is 35.8. The Bertz CT molecular complexity index is 10100. The van der Waals surface area contributed by atoms with Crippen LogP contribution in [-0.2, 0) is 0 Å². The van der Waals surface area contributed by atoms with E-state index in [4.69, 9.17) is 47.6 Å². The molecule has 0 aliphatic rings. The minimum absolute atomic E-state index is 0.585. The van der Waals surface area contributed by atoms with Crippen molar-refractivity contribution in [2.24, 2.45) is 0 Å². The van der Waals surface area contributed by atoms with E-state index in [1.165, 1.54) is 90.8 Å². The smallest absolute Gasteiger partial charge is 0.231 e. The van der Waals surface area contributed by atoms with E-state index in [1.54, 1.807) is 0 Å². The number of benzene rings is 19. The van der Waals surface area contributed by atoms with Gasteiger partial charge in [-0.25, -0.2) is 15.0 Å². The summed E-state index contributed by atoms with van der Waals surface area (Å²) in [6.45, 7) is 0. The first-order chi connectivity index (χ1) is 69.9. The minimum Gasteiger partial charge on any atom is -0.456 e. The number of furan rings is 4. The Morgan fingerprint density at radius 3 is 0.830 bits per heavy atom. The van der Waals surface area contributed by atoms with Crippen molar-refractivity contribution in [3.63, 3.8) is 0 Å². The van der Waals surface area contributed by atoms with Gasteiger partial charge in [-0.3, -0.25) is 0 Å². The standard InChI is InChI=1S/C46H28N4O.C40H23N3O2.C40H23N3OS/c1-3-13-30(14-4-1)45-47-44(43-35-19-9-12-22-42(35)51-46(43)48-45)29-23-25-32(26-24-29)50-39-21-11-8-18-34(39)37-27-36-33-17-7-10-20-38(33)49(40(36)28-41(37)50)31-15-5-2-6-16-31;1-2-10-25(11-3-1)39-41-38(37-29-14-6-9-17-35(29)45-40(37)42-39)24-18-20-26(21-19-24)43-32-15-7-4-12-27(32)30-22-31-28-13-5-8-16-34(28)44-36(31)23-33(30)43;1-2-10-25(11-3-1)39-41-38(37-29-14-5-8-16-34(29)44-40(37)42-39)24-18-20-26(21-19-24)43-32-15-7-4-12-27(32)30-22-31-28-13-6-9-17-35(28)45-36(31)23-33(30)43/h1-28H;2*1-23H. The highest BCUT2D eigenvalue weighted by Gasteiger charge is 2.27. The number of thiophene rings is 1. The van der Waals surface area contributed by atoms with Gasteiger partial charge < -0.3 is 35.9 Å². The molecule has 31 rings (SSSR count). The molecule has 0 radical (unpaired) electrons. The van der Waals surface area contributed by atoms with Crippen LogP contribution in [0.2, 0.25) is 0 Å². The van der Waals surface area contributed by atoms with Crippen molar-refractivity contribution in [2.75, 3.05) is 0 Å². The zero-order valence-corrected chi connectivity index (χ0v) is 76.1. The molecule has 141 heavy (non-hydrogen) atoms. The first kappa shape index (κ1) is 79.4. The summed E-state index contributed by atoms with van der Waals surface area (Å²) in [5, 5.41) is 20.6. The van der Waals surface area contributed by atoms with Gasteiger partial charge in [0.05, 0.1) is 77.4 Å². The summed E-state index contributed by atoms with van der Waals surface area (Å²) in [7, 11) is 0. The average molecular weight is 1820 g/mol. The van der Waals surface area contributed by atoms with E-state index in [1.807, 2.05) is 169 Å². The summed E-state index contributed by atoms with van der Waals surface area (Å²) in [5.41, 5.74) is 28.1. The molecule has 14 nitrogen and oxygen atoms in total. The quantitative estimate of drug-likeness (QED) is 0.129. The number of para-hydroxylation sites is 9. The van der Waals surface area contributed by atoms with Gasteiger partial charge >= 0.3 is 0 Å². The Balaban J connectivity index is 0.000000102. The van der Waals surface area contributed by atoms with Crippen molar-refractivity contribution in [3.05, 3.63) is 449 Å². The van der Waals surface area contributed by atoms with Crippen LogP contribution in [0.25, 0.3) is 286 Å². The van der Waals surface area contributed by atoms with Crippen LogP contribution in [0.1, 0.15) is 0 Å². The summed E-state index contributed by atoms with van der Waals surface area (Å²) in [5.74, 6) is 1.93. The summed E-state index contributed by atoms with van der Waals surface area (Å²) in [6.07, 6.45) is 0. The Hall–Kier alpha value is -19.0. The third kappa shape index (κ3) is 12.8. The van der Waals surface area contributed by atoms with Gasteiger partial charge in [-0.2, -0.15) is 15.0 Å². The van der Waals surface area contributed by atoms with Gasteiger partial charge in [-0.05, 0) is 133 Å². The highest BCUT2D eigenvalue weighted by molar-refractivity contribution is 7.25. The summed E-state index contributed by atoms with van der Waals surface area (Å²) >= 11 is 1.86. The van der Waals surface area contributed by atoms with Crippen LogP contribution < -0.4 is 0 Å². The monoisotopic (exact) mass is 1820 g/mol. The van der Waals surface area contributed by atoms with Crippen LogP contribution in [0.3, 0.4) is 0 Å². The number of rotatable bonds is 10. The molecule has 658 valence electrons. The van der Waals surface area contributed by atoms with E-state index in [2.05, 4.69) is 309 Å². The van der Waals surface area contributed by atoms with Gasteiger partial charge in [0.1, 0.15) is 27.9 Å². The topological polar surface area (TPSA) is 150 Å². The number of hydrogen-bond donors (Lipinski definition) is 0. The van der Waals surface area contributed by atoms with Crippen LogP contribution in [-0.4, -0.2) is 48.2 Å². The van der Waals surface area contributed by atoms with Crippen LogP contribution >= 0.6 is 11.3 Å². The number of fused-ring (bicyclic) bond motifs is 27. The molecule has 0 aliphatic carbocycles. The van der Waals surface area contributed by atoms with Crippen molar-refractivity contribution >= 4 is 207 Å². The molecule has 0 unspecified atom stereocenters. The molecule has 0 atom stereocenters. The fraction of sp³-hybridized carbons (Fsp3) is 0. The Morgan fingerprint density at radius 1 is 0.163 bits per heavy atom. The first-order valence-electron chi connectivity index (χ1n) is 47.2. The highest BCUT2D eigenvalue weighted by Crippen LogP contribution is 2.48. The lowest BCUT2D eigenvalue weighted by Crippen LogP contribution is -1.97. The van der Waals surface area contributed by atoms with Gasteiger partial charge in [0.2, 0.25) is 17.1 Å². The Kier molecular flexibility index (Phi) is 17.9. The summed E-state index contributed by atoms with van der Waals surface area (Å²) in [4.78, 5) is 30.0. The lowest BCUT2D eigenvalue weighted by molar-refractivity contribution is 0.653. The Morgan fingerprint density at radius 2 is 0.447 bits per heavy atom. The lowest BCUT2D eigenvalue weighted by atomic mass is 10.0. The molecule has 15 heteroatoms. The molecule has 0 fully saturated rings. The summed E-state index contributed by atoms with van der Waals surface area (Å²) in [6, 6.07) is 157. The number of hydrogen-bond acceptors (Lipinski definition) is 11. The summed E-state index contributed by atoms with van der Waals surface area (Å²) < 4.78 is 37.2. The molecule has 31 aromatic rings. The minimum atomic E-state index is 0.585. The van der Waals surface area contributed by atoms with Gasteiger partial charge in [0.25, 0.3) is 0 Å². The normalized spacial score (nSPS) is 12.0. The predicted octanol–water partition coefficient (Wildman–Crippen LogP) is 33.8. The fourth-order valence-corrected chi connectivity index (χ4v) is 22.6. The number of nitrogens with zero attached hydrogens (tertiary/aromatic N) is 10. The zero-order valence-electron chi connectivity index (χ0n) is 75.2. The van der Waals surface area contributed by atoms with Crippen molar-refractivity contribution in [2.45, 2.75) is 0 Å². The predicted molar refractivity (Wildman–Crippen MR) is 578 cm³/mol. The van der Waals surface area contributed by atoms with Crippen molar-refractivity contribution in [1.29, 1.82) is 0 Å². The van der Waals surface area contributed by atoms with Gasteiger partial charge in [0.15, 0.2) is 17.5 Å². The molecule has 0 aliphatic heterocycles. The van der Waals surface area contributed by atoms with Crippen LogP contribution in [0.5, 0.6) is 0 Å². The van der Waals surface area contributed by atoms with E-state index in [0.717, 1.165) is 161 Å². The third-order valence-electron chi connectivity index (χ3n) is 27.8. The third-order valence-corrected chi connectivity index (χ3v) is 29.0. The molecule has 0 saturated heterocycles. The van der Waals surface area contributed by atoms with E-state index in [0.29, 0.717) is 34.6 Å². The average Bonchev–Trinajstić information content (AvgIpc) is 1.55. The Labute approximate surface area is 806 Å². The maximum atomic E-state index is 6.30. The number of aromatic nitrogens is 10. The van der Waals surface area contributed by atoms with Crippen LogP contribution in [0.15, 0.2) is 467 Å². The van der Waals surface area contributed by atoms with Crippen LogP contribution in [0.4, 0.5) is 0 Å². The lowest BCUT2D eigenvalue weighted by Gasteiger charge is -2.11. The van der Waals surface area contributed by atoms with Crippen LogP contribution in [0, 0.1) is 0 Å². The molecule has 0 amide bonds. The second kappa shape index (κ2) is 31.8. The maximum Gasteiger partial charge on any atom is 0.231 e. The highest BCUT2D eigenvalue weighted by atomic mass is 32.1. The van der Waals surface area contributed by atoms with Crippen molar-refractivity contribution < 1.29 is 17.7 Å². The van der Waals surface area contributed by atoms with Crippen molar-refractivity contribution in [3.8, 4) is 90.7 Å². The van der Waals surface area contributed by atoms with E-state index < -0.39 is 0 Å². The van der Waals surface area contributed by atoms with E-state index in [9.17, 15) is 0 Å². The zero-order chi connectivity index (χ0) is 92.4. The SMILES string of the molecule is c1ccc(-c2nc(-c3ccc(-n4c5ccccc5c5cc6c(cc54)oc4ccccc46)cc3)c3c(n2)oc2ccccc23)cc1.c1ccc(-c2nc(-c3ccc(-n4c5ccccc5c5cc6c(cc54)sc4ccccc46)cc3)c3c(n2)oc2ccccc23)cc1.c1ccc(-c2nc(-c3ccc(-n4c5ccccc5c5cc6c7ccccc7n(-c7ccccc7)c6cc54)cc3)c3c(n2)oc2ccccc23)cc1.